The van der Waals surface area contributed by atoms with Crippen molar-refractivity contribution in [3.63, 3.8) is 0 Å². The zero-order chi connectivity index (χ0) is 15.6. The van der Waals surface area contributed by atoms with Gasteiger partial charge in [0.25, 0.3) is 0 Å². The molecule has 0 atom stereocenters. The summed E-state index contributed by atoms with van der Waals surface area (Å²) in [5.41, 5.74) is 6.61. The molecule has 1 aromatic heterocycles. The minimum absolute atomic E-state index is 0.0634. The van der Waals surface area contributed by atoms with Crippen LogP contribution in [-0.2, 0) is 12.7 Å². The van der Waals surface area contributed by atoms with Gasteiger partial charge in [-0.25, -0.2) is 0 Å². The van der Waals surface area contributed by atoms with Crippen LogP contribution in [0.2, 0.25) is 0 Å². The van der Waals surface area contributed by atoms with Gasteiger partial charge in [-0.2, -0.15) is 13.2 Å². The molecule has 0 bridgehead atoms. The Morgan fingerprint density at radius 3 is 2.57 bits per heavy atom. The Kier molecular flexibility index (Phi) is 4.53. The maximum Gasteiger partial charge on any atom is 0.416 e. The molecule has 0 radical (unpaired) electrons. The maximum atomic E-state index is 12.7. The van der Waals surface area contributed by atoms with E-state index >= 15 is 0 Å². The minimum Gasteiger partial charge on any atom is -0.389 e. The molecule has 0 spiro atoms. The van der Waals surface area contributed by atoms with Gasteiger partial charge in [0.15, 0.2) is 0 Å². The van der Waals surface area contributed by atoms with Gasteiger partial charge in [-0.3, -0.25) is 0 Å². The molecule has 2 rings (SSSR count). The molecular weight excluding hydrogens is 317 g/mol. The minimum atomic E-state index is -4.41. The predicted octanol–water partition coefficient (Wildman–Crippen LogP) is 4.32. The molecule has 21 heavy (non-hydrogen) atoms. The highest BCUT2D eigenvalue weighted by molar-refractivity contribution is 7.80. The second kappa shape index (κ2) is 6.03. The number of aryl methyl sites for hydroxylation is 1. The van der Waals surface area contributed by atoms with Crippen LogP contribution in [0, 0.1) is 6.92 Å². The van der Waals surface area contributed by atoms with Crippen molar-refractivity contribution in [3.05, 3.63) is 51.2 Å². The van der Waals surface area contributed by atoms with Gasteiger partial charge in [0, 0.05) is 22.7 Å². The monoisotopic (exact) mass is 330 g/mol. The molecule has 0 saturated heterocycles. The third kappa shape index (κ3) is 3.74. The largest absolute Gasteiger partial charge is 0.416 e. The lowest BCUT2D eigenvalue weighted by Gasteiger charge is -2.14. The van der Waals surface area contributed by atoms with Crippen LogP contribution < -0.4 is 11.1 Å². The molecule has 1 aromatic carbocycles. The van der Waals surface area contributed by atoms with E-state index in [4.69, 9.17) is 18.0 Å². The predicted molar refractivity (Wildman–Crippen MR) is 83.7 cm³/mol. The van der Waals surface area contributed by atoms with Gasteiger partial charge in [-0.15, -0.1) is 11.3 Å². The number of nitrogens with one attached hydrogen (secondary N) is 1. The van der Waals surface area contributed by atoms with Crippen LogP contribution in [0.4, 0.5) is 18.9 Å². The number of hydrogen-bond donors (Lipinski definition) is 2. The molecule has 0 saturated carbocycles. The number of nitrogens with two attached hydrogens (primary N) is 1. The highest BCUT2D eigenvalue weighted by atomic mass is 32.1. The van der Waals surface area contributed by atoms with E-state index in [1.807, 2.05) is 18.4 Å². The molecule has 7 heteroatoms. The first-order chi connectivity index (χ1) is 9.79. The number of anilines is 1. The molecule has 0 aliphatic rings. The Balaban J connectivity index is 2.27. The van der Waals surface area contributed by atoms with E-state index < -0.39 is 11.7 Å². The Hall–Kier alpha value is -1.60. The fourth-order valence-corrected chi connectivity index (χ4v) is 2.85. The number of hydrogen-bond acceptors (Lipinski definition) is 3. The quantitative estimate of drug-likeness (QED) is 0.820. The summed E-state index contributed by atoms with van der Waals surface area (Å²) in [6.07, 6.45) is -4.41. The van der Waals surface area contributed by atoms with Gasteiger partial charge in [0.2, 0.25) is 0 Å². The zero-order valence-electron chi connectivity index (χ0n) is 11.1. The first-order valence-corrected chi connectivity index (χ1v) is 7.35. The highest BCUT2D eigenvalue weighted by Crippen LogP contribution is 2.32. The van der Waals surface area contributed by atoms with Crippen LogP contribution in [0.3, 0.4) is 0 Å². The number of halogens is 3. The summed E-state index contributed by atoms with van der Waals surface area (Å²) in [6, 6.07) is 5.35. The van der Waals surface area contributed by atoms with Crippen LogP contribution in [-0.4, -0.2) is 4.99 Å². The van der Waals surface area contributed by atoms with Crippen LogP contribution >= 0.6 is 23.6 Å². The summed E-state index contributed by atoms with van der Waals surface area (Å²) in [5, 5.41) is 5.06. The summed E-state index contributed by atoms with van der Waals surface area (Å²) in [4.78, 5) is 1.05. The fourth-order valence-electron chi connectivity index (χ4n) is 1.84. The van der Waals surface area contributed by atoms with E-state index in [1.54, 1.807) is 11.3 Å². The second-order valence-corrected chi connectivity index (χ2v) is 5.94. The van der Waals surface area contributed by atoms with E-state index in [-0.39, 0.29) is 10.6 Å². The van der Waals surface area contributed by atoms with Crippen molar-refractivity contribution in [2.45, 2.75) is 19.6 Å². The zero-order valence-corrected chi connectivity index (χ0v) is 12.8. The van der Waals surface area contributed by atoms with Gasteiger partial charge >= 0.3 is 6.18 Å². The van der Waals surface area contributed by atoms with Gasteiger partial charge in [-0.1, -0.05) is 12.2 Å². The normalized spacial score (nSPS) is 11.4. The Bertz CT molecular complexity index is 662. The second-order valence-electron chi connectivity index (χ2n) is 4.50. The average molecular weight is 330 g/mol. The number of benzene rings is 1. The molecule has 3 N–H and O–H groups in total. The Morgan fingerprint density at radius 1 is 1.33 bits per heavy atom. The number of thiophene rings is 1. The van der Waals surface area contributed by atoms with Crippen LogP contribution in [0.5, 0.6) is 0 Å². The van der Waals surface area contributed by atoms with Crippen molar-refractivity contribution in [1.82, 2.24) is 0 Å². The smallest absolute Gasteiger partial charge is 0.389 e. The first kappa shape index (κ1) is 15.8. The number of rotatable bonds is 4. The van der Waals surface area contributed by atoms with Crippen molar-refractivity contribution >= 4 is 34.2 Å². The first-order valence-electron chi connectivity index (χ1n) is 6.07. The van der Waals surface area contributed by atoms with Crippen molar-refractivity contribution < 1.29 is 13.2 Å². The molecule has 112 valence electrons. The van der Waals surface area contributed by atoms with Crippen LogP contribution in [0.25, 0.3) is 0 Å². The topological polar surface area (TPSA) is 38.0 Å². The van der Waals surface area contributed by atoms with Crippen molar-refractivity contribution in [2.24, 2.45) is 5.73 Å². The van der Waals surface area contributed by atoms with Gasteiger partial charge < -0.3 is 11.1 Å². The lowest BCUT2D eigenvalue weighted by Crippen LogP contribution is -2.15. The summed E-state index contributed by atoms with van der Waals surface area (Å²) in [6.45, 7) is 2.50. The molecule has 1 heterocycles. The van der Waals surface area contributed by atoms with Crippen LogP contribution in [0.1, 0.15) is 21.6 Å². The number of thiocarbonyl (C=S) groups is 1. The van der Waals surface area contributed by atoms with E-state index in [2.05, 4.69) is 5.32 Å². The molecular formula is C14H13F3N2S2. The molecule has 0 unspecified atom stereocenters. The summed E-state index contributed by atoms with van der Waals surface area (Å²) < 4.78 is 38.2. The lowest BCUT2D eigenvalue weighted by atomic mass is 10.1. The molecule has 0 aliphatic carbocycles. The molecule has 0 aliphatic heterocycles. The SMILES string of the molecule is Cc1ccsc1CNc1ccc(C(F)(F)F)cc1C(N)=S. The van der Waals surface area contributed by atoms with E-state index in [0.717, 1.165) is 22.6 Å². The number of alkyl halides is 3. The van der Waals surface area contributed by atoms with Crippen molar-refractivity contribution in [3.8, 4) is 0 Å². The Labute approximate surface area is 129 Å². The van der Waals surface area contributed by atoms with E-state index in [0.29, 0.717) is 12.2 Å². The average Bonchev–Trinajstić information content (AvgIpc) is 2.80. The molecule has 2 aromatic rings. The third-order valence-corrected chi connectivity index (χ3v) is 4.26. The fraction of sp³-hybridized carbons (Fsp3) is 0.214. The Morgan fingerprint density at radius 2 is 2.05 bits per heavy atom. The van der Waals surface area contributed by atoms with Gasteiger partial charge in [-0.05, 0) is 42.1 Å². The third-order valence-electron chi connectivity index (χ3n) is 3.02. The molecule has 0 fully saturated rings. The summed E-state index contributed by atoms with van der Waals surface area (Å²) in [7, 11) is 0. The molecule has 0 amide bonds. The van der Waals surface area contributed by atoms with Crippen molar-refractivity contribution in [2.75, 3.05) is 5.32 Å². The summed E-state index contributed by atoms with van der Waals surface area (Å²) >= 11 is 6.43. The lowest BCUT2D eigenvalue weighted by molar-refractivity contribution is -0.137. The van der Waals surface area contributed by atoms with Crippen molar-refractivity contribution in [1.29, 1.82) is 0 Å². The summed E-state index contributed by atoms with van der Waals surface area (Å²) in [5.74, 6) is 0. The van der Waals surface area contributed by atoms with Gasteiger partial charge in [0.05, 0.1) is 5.56 Å². The van der Waals surface area contributed by atoms with Gasteiger partial charge in [0.1, 0.15) is 4.99 Å². The van der Waals surface area contributed by atoms with E-state index in [9.17, 15) is 13.2 Å². The van der Waals surface area contributed by atoms with Crippen LogP contribution in [0.15, 0.2) is 29.6 Å². The highest BCUT2D eigenvalue weighted by Gasteiger charge is 2.31. The standard InChI is InChI=1S/C14H13F3N2S2/c1-8-4-5-21-12(8)7-19-11-3-2-9(14(15,16)17)6-10(11)13(18)20/h2-6,19H,7H2,1H3,(H2,18,20). The molecule has 2 nitrogen and oxygen atoms in total. The maximum absolute atomic E-state index is 12.7. The van der Waals surface area contributed by atoms with E-state index in [1.165, 1.54) is 6.07 Å².